The maximum atomic E-state index is 4.77. The lowest BCUT2D eigenvalue weighted by molar-refractivity contribution is 0.768. The molecule has 0 saturated heterocycles. The molecule has 0 spiro atoms. The zero-order valence-corrected chi connectivity index (χ0v) is 14.8. The summed E-state index contributed by atoms with van der Waals surface area (Å²) in [6.07, 6.45) is 12.1. The molecule has 0 aliphatic carbocycles. The first-order valence-corrected chi connectivity index (χ1v) is 8.62. The predicted octanol–water partition coefficient (Wildman–Crippen LogP) is 3.01. The molecule has 0 aliphatic heterocycles. The molecule has 0 radical (unpaired) electrons. The van der Waals surface area contributed by atoms with Crippen molar-refractivity contribution in [1.82, 2.24) is 33.8 Å². The van der Waals surface area contributed by atoms with Crippen LogP contribution in [0.1, 0.15) is 17.0 Å². The van der Waals surface area contributed by atoms with Crippen LogP contribution in [0.15, 0.2) is 61.8 Å². The van der Waals surface area contributed by atoms with E-state index < -0.39 is 0 Å². The van der Waals surface area contributed by atoms with E-state index in [1.165, 1.54) is 0 Å². The lowest BCUT2D eigenvalue weighted by Gasteiger charge is -2.05. The zero-order valence-electron chi connectivity index (χ0n) is 14.8. The summed E-state index contributed by atoms with van der Waals surface area (Å²) in [5.41, 5.74) is 6.73. The fourth-order valence-corrected chi connectivity index (χ4v) is 3.26. The van der Waals surface area contributed by atoms with E-state index in [1.54, 1.807) is 10.8 Å². The Labute approximate surface area is 155 Å². The van der Waals surface area contributed by atoms with Gasteiger partial charge in [0.15, 0.2) is 5.65 Å². The second kappa shape index (κ2) is 5.91. The Morgan fingerprint density at radius 1 is 1.00 bits per heavy atom. The molecule has 5 heterocycles. The van der Waals surface area contributed by atoms with Gasteiger partial charge in [0.25, 0.3) is 0 Å². The number of rotatable bonds is 4. The molecule has 0 saturated carbocycles. The molecule has 0 aromatic carbocycles. The molecule has 0 N–H and O–H groups in total. The second-order valence-electron chi connectivity index (χ2n) is 6.47. The van der Waals surface area contributed by atoms with Crippen LogP contribution in [0.25, 0.3) is 28.6 Å². The summed E-state index contributed by atoms with van der Waals surface area (Å²) in [6.45, 7) is 3.85. The molecule has 0 amide bonds. The minimum absolute atomic E-state index is 0.718. The molecule has 27 heavy (non-hydrogen) atoms. The van der Waals surface area contributed by atoms with Crippen LogP contribution in [-0.4, -0.2) is 33.8 Å². The first-order chi connectivity index (χ1) is 13.2. The van der Waals surface area contributed by atoms with Crippen molar-refractivity contribution in [3.05, 3.63) is 78.8 Å². The fourth-order valence-electron chi connectivity index (χ4n) is 3.26. The summed E-state index contributed by atoms with van der Waals surface area (Å²) >= 11 is 0. The van der Waals surface area contributed by atoms with E-state index in [1.807, 2.05) is 59.0 Å². The van der Waals surface area contributed by atoms with Crippen LogP contribution in [0.3, 0.4) is 0 Å². The van der Waals surface area contributed by atoms with Gasteiger partial charge in [-0.2, -0.15) is 10.2 Å². The van der Waals surface area contributed by atoms with Gasteiger partial charge >= 0.3 is 0 Å². The average molecular weight is 355 g/mol. The van der Waals surface area contributed by atoms with Crippen LogP contribution in [0.5, 0.6) is 0 Å². The van der Waals surface area contributed by atoms with Gasteiger partial charge in [0.2, 0.25) is 0 Å². The highest BCUT2D eigenvalue weighted by atomic mass is 15.3. The molecule has 5 rings (SSSR count). The van der Waals surface area contributed by atoms with Crippen LogP contribution >= 0.6 is 0 Å². The largest absolute Gasteiger partial charge is 0.300 e. The average Bonchev–Trinajstić information content (AvgIpc) is 3.40. The van der Waals surface area contributed by atoms with Gasteiger partial charge in [-0.1, -0.05) is 12.6 Å². The summed E-state index contributed by atoms with van der Waals surface area (Å²) in [5.74, 6) is 0. The first-order valence-electron chi connectivity index (χ1n) is 8.62. The van der Waals surface area contributed by atoms with Crippen molar-refractivity contribution in [1.29, 1.82) is 0 Å². The Morgan fingerprint density at radius 3 is 2.67 bits per heavy atom. The van der Waals surface area contributed by atoms with Crippen LogP contribution in [0, 0.1) is 0 Å². The second-order valence-corrected chi connectivity index (χ2v) is 6.47. The van der Waals surface area contributed by atoms with Crippen molar-refractivity contribution in [3.8, 4) is 11.3 Å². The van der Waals surface area contributed by atoms with Crippen LogP contribution in [-0.2, 0) is 13.5 Å². The predicted molar refractivity (Wildman–Crippen MR) is 103 cm³/mol. The minimum Gasteiger partial charge on any atom is -0.300 e. The summed E-state index contributed by atoms with van der Waals surface area (Å²) in [6, 6.07) is 8.05. The van der Waals surface area contributed by atoms with Crippen LogP contribution in [0.2, 0.25) is 0 Å². The van der Waals surface area contributed by atoms with Crippen molar-refractivity contribution < 1.29 is 0 Å². The summed E-state index contributed by atoms with van der Waals surface area (Å²) < 4.78 is 5.71. The van der Waals surface area contributed by atoms with Gasteiger partial charge in [0, 0.05) is 31.4 Å². The standard InChI is InChI=1S/C20H17N7/c1-3-16-10-21-19-6-4-14(12-26(16)19)8-17-11-22-20-7-5-18(24-27(17)20)15-9-23-25(2)13-15/h3-7,9-13H,1,8H2,2H3. The van der Waals surface area contributed by atoms with E-state index in [0.717, 1.165) is 45.9 Å². The maximum Gasteiger partial charge on any atom is 0.153 e. The SMILES string of the molecule is C=Cc1cnc2ccc(Cc3cnc4ccc(-c5cnn(C)c5)nn34)cn12. The highest BCUT2D eigenvalue weighted by Gasteiger charge is 2.10. The van der Waals surface area contributed by atoms with E-state index in [0.29, 0.717) is 0 Å². The van der Waals surface area contributed by atoms with Gasteiger partial charge < -0.3 is 4.40 Å². The third kappa shape index (κ3) is 2.60. The Balaban J connectivity index is 1.55. The molecule has 0 aliphatic rings. The first kappa shape index (κ1) is 15.5. The van der Waals surface area contributed by atoms with E-state index in [9.17, 15) is 0 Å². The number of imidazole rings is 2. The van der Waals surface area contributed by atoms with Gasteiger partial charge in [0.1, 0.15) is 5.65 Å². The monoisotopic (exact) mass is 355 g/mol. The maximum absolute atomic E-state index is 4.77. The highest BCUT2D eigenvalue weighted by Crippen LogP contribution is 2.19. The Bertz CT molecular complexity index is 1290. The van der Waals surface area contributed by atoms with Crippen molar-refractivity contribution in [2.75, 3.05) is 0 Å². The third-order valence-electron chi connectivity index (χ3n) is 4.62. The Morgan fingerprint density at radius 2 is 1.85 bits per heavy atom. The zero-order chi connectivity index (χ0) is 18.4. The Kier molecular flexibility index (Phi) is 3.39. The fraction of sp³-hybridized carbons (Fsp3) is 0.100. The smallest absolute Gasteiger partial charge is 0.153 e. The molecule has 5 aromatic heterocycles. The number of aryl methyl sites for hydroxylation is 1. The van der Waals surface area contributed by atoms with Gasteiger partial charge in [-0.25, -0.2) is 14.5 Å². The molecule has 0 fully saturated rings. The van der Waals surface area contributed by atoms with E-state index in [-0.39, 0.29) is 0 Å². The van der Waals surface area contributed by atoms with Crippen molar-refractivity contribution in [3.63, 3.8) is 0 Å². The molecule has 5 aromatic rings. The third-order valence-corrected chi connectivity index (χ3v) is 4.62. The molecule has 7 nitrogen and oxygen atoms in total. The lowest BCUT2D eigenvalue weighted by Crippen LogP contribution is -2.01. The van der Waals surface area contributed by atoms with Crippen molar-refractivity contribution >= 4 is 17.4 Å². The molecule has 7 heteroatoms. The van der Waals surface area contributed by atoms with Crippen molar-refractivity contribution in [2.45, 2.75) is 6.42 Å². The van der Waals surface area contributed by atoms with E-state index >= 15 is 0 Å². The summed E-state index contributed by atoms with van der Waals surface area (Å²) in [5, 5.41) is 8.99. The molecular weight excluding hydrogens is 338 g/mol. The van der Waals surface area contributed by atoms with Gasteiger partial charge in [-0.15, -0.1) is 0 Å². The lowest BCUT2D eigenvalue weighted by atomic mass is 10.1. The number of nitrogens with zero attached hydrogens (tertiary/aromatic N) is 7. The normalized spacial score (nSPS) is 11.4. The van der Waals surface area contributed by atoms with Crippen LogP contribution in [0.4, 0.5) is 0 Å². The molecular formula is C20H17N7. The Hall–Kier alpha value is -3.74. The minimum atomic E-state index is 0.718. The van der Waals surface area contributed by atoms with Gasteiger partial charge in [-0.3, -0.25) is 4.68 Å². The summed E-state index contributed by atoms with van der Waals surface area (Å²) in [7, 11) is 1.90. The molecule has 0 atom stereocenters. The van der Waals surface area contributed by atoms with Gasteiger partial charge in [-0.05, 0) is 29.8 Å². The number of pyridine rings is 1. The number of aromatic nitrogens is 7. The molecule has 0 unspecified atom stereocenters. The van der Waals surface area contributed by atoms with E-state index in [4.69, 9.17) is 5.10 Å². The molecule has 0 bridgehead atoms. The molecule has 132 valence electrons. The van der Waals surface area contributed by atoms with Crippen LogP contribution < -0.4 is 0 Å². The number of fused-ring (bicyclic) bond motifs is 2. The topological polar surface area (TPSA) is 65.3 Å². The number of hydrogen-bond acceptors (Lipinski definition) is 4. The van der Waals surface area contributed by atoms with Crippen molar-refractivity contribution in [2.24, 2.45) is 7.05 Å². The highest BCUT2D eigenvalue weighted by molar-refractivity contribution is 5.58. The quantitative estimate of drug-likeness (QED) is 0.497. The van der Waals surface area contributed by atoms with Gasteiger partial charge in [0.05, 0.1) is 35.7 Å². The summed E-state index contributed by atoms with van der Waals surface area (Å²) in [4.78, 5) is 8.86. The number of hydrogen-bond donors (Lipinski definition) is 0. The van der Waals surface area contributed by atoms with E-state index in [2.05, 4.69) is 33.9 Å².